The molecule has 0 aliphatic carbocycles. The lowest BCUT2D eigenvalue weighted by Crippen LogP contribution is -2.46. The van der Waals surface area contributed by atoms with Gasteiger partial charge in [-0.1, -0.05) is 11.6 Å². The van der Waals surface area contributed by atoms with E-state index in [1.54, 1.807) is 18.3 Å². The molecular weight excluding hydrogens is 327 g/mol. The summed E-state index contributed by atoms with van der Waals surface area (Å²) in [4.78, 5) is 4.69. The highest BCUT2D eigenvalue weighted by molar-refractivity contribution is 6.30. The van der Waals surface area contributed by atoms with Gasteiger partial charge in [0.15, 0.2) is 0 Å². The van der Waals surface area contributed by atoms with E-state index < -0.39 is 0 Å². The Morgan fingerprint density at radius 2 is 1.75 bits per heavy atom. The number of fused-ring (bicyclic) bond motifs is 1. The molecule has 2 aromatic carbocycles. The van der Waals surface area contributed by atoms with Crippen molar-refractivity contribution in [3.05, 3.63) is 59.5 Å². The van der Waals surface area contributed by atoms with Gasteiger partial charge < -0.3 is 4.90 Å². The molecule has 0 radical (unpaired) electrons. The first-order chi connectivity index (χ1) is 11.7. The average molecular weight is 345 g/mol. The fourth-order valence-corrected chi connectivity index (χ4v) is 3.27. The number of halogens is 2. The van der Waals surface area contributed by atoms with Gasteiger partial charge in [0.25, 0.3) is 0 Å². The van der Waals surface area contributed by atoms with Crippen LogP contribution in [-0.4, -0.2) is 40.9 Å². The van der Waals surface area contributed by atoms with E-state index in [4.69, 9.17) is 11.6 Å². The van der Waals surface area contributed by atoms with Gasteiger partial charge in [-0.2, -0.15) is 5.10 Å². The first kappa shape index (κ1) is 15.4. The van der Waals surface area contributed by atoms with Crippen molar-refractivity contribution >= 4 is 28.2 Å². The zero-order valence-corrected chi connectivity index (χ0v) is 14.0. The van der Waals surface area contributed by atoms with Gasteiger partial charge in [-0.15, -0.1) is 0 Å². The number of hydrogen-bond donors (Lipinski definition) is 0. The number of anilines is 1. The van der Waals surface area contributed by atoms with Crippen molar-refractivity contribution in [1.82, 2.24) is 14.7 Å². The molecule has 124 valence electrons. The molecule has 1 aliphatic heterocycles. The zero-order valence-electron chi connectivity index (χ0n) is 13.2. The molecule has 4 nitrogen and oxygen atoms in total. The first-order valence-corrected chi connectivity index (χ1v) is 8.41. The van der Waals surface area contributed by atoms with Crippen molar-refractivity contribution in [3.8, 4) is 0 Å². The molecule has 3 aromatic rings. The van der Waals surface area contributed by atoms with E-state index in [2.05, 4.69) is 27.0 Å². The van der Waals surface area contributed by atoms with Crippen molar-refractivity contribution < 1.29 is 4.39 Å². The monoisotopic (exact) mass is 344 g/mol. The number of benzene rings is 2. The summed E-state index contributed by atoms with van der Waals surface area (Å²) in [6.45, 7) is 4.48. The van der Waals surface area contributed by atoms with Crippen LogP contribution in [0.4, 0.5) is 10.1 Å². The second kappa shape index (κ2) is 6.42. The van der Waals surface area contributed by atoms with Crippen LogP contribution >= 0.6 is 11.6 Å². The number of piperazine rings is 1. The van der Waals surface area contributed by atoms with E-state index in [1.807, 2.05) is 16.8 Å². The van der Waals surface area contributed by atoms with Crippen LogP contribution < -0.4 is 4.90 Å². The minimum atomic E-state index is -0.225. The van der Waals surface area contributed by atoms with E-state index >= 15 is 0 Å². The summed E-state index contributed by atoms with van der Waals surface area (Å²) in [5, 5.41) is 6.13. The summed E-state index contributed by atoms with van der Waals surface area (Å²) >= 11 is 5.95. The quantitative estimate of drug-likeness (QED) is 0.725. The normalized spacial score (nSPS) is 16.0. The molecule has 0 N–H and O–H groups in total. The molecular formula is C18H18ClFN4. The molecule has 4 rings (SSSR count). The summed E-state index contributed by atoms with van der Waals surface area (Å²) < 4.78 is 15.3. The van der Waals surface area contributed by atoms with E-state index in [0.29, 0.717) is 6.67 Å². The highest BCUT2D eigenvalue weighted by Gasteiger charge is 2.18. The molecule has 1 aliphatic rings. The summed E-state index contributed by atoms with van der Waals surface area (Å²) in [6.07, 6.45) is 1.79. The number of hydrogen-bond acceptors (Lipinski definition) is 3. The van der Waals surface area contributed by atoms with Crippen LogP contribution in [0.5, 0.6) is 0 Å². The zero-order chi connectivity index (χ0) is 16.5. The summed E-state index contributed by atoms with van der Waals surface area (Å²) in [6, 6.07) is 12.8. The maximum atomic E-state index is 13.5. The lowest BCUT2D eigenvalue weighted by molar-refractivity contribution is 0.199. The SMILES string of the molecule is Fc1ccc2cnn(CN3CCN(c4ccc(Cl)cc4)CC3)c2c1. The smallest absolute Gasteiger partial charge is 0.125 e. The van der Waals surface area contributed by atoms with Gasteiger partial charge in [-0.05, 0) is 42.5 Å². The Balaban J connectivity index is 1.42. The van der Waals surface area contributed by atoms with E-state index in [1.165, 1.54) is 11.8 Å². The van der Waals surface area contributed by atoms with Gasteiger partial charge in [0.1, 0.15) is 5.82 Å². The van der Waals surface area contributed by atoms with Crippen LogP contribution in [0, 0.1) is 5.82 Å². The Bertz CT molecular complexity index is 838. The van der Waals surface area contributed by atoms with Crippen molar-refractivity contribution in [2.24, 2.45) is 0 Å². The molecule has 1 saturated heterocycles. The van der Waals surface area contributed by atoms with Crippen LogP contribution in [0.2, 0.25) is 5.02 Å². The van der Waals surface area contributed by atoms with E-state index in [9.17, 15) is 4.39 Å². The minimum Gasteiger partial charge on any atom is -0.369 e. The van der Waals surface area contributed by atoms with Gasteiger partial charge in [0.2, 0.25) is 0 Å². The fraction of sp³-hybridized carbons (Fsp3) is 0.278. The minimum absolute atomic E-state index is 0.225. The third kappa shape index (κ3) is 3.09. The van der Waals surface area contributed by atoms with Crippen LogP contribution in [0.15, 0.2) is 48.7 Å². The summed E-state index contributed by atoms with van der Waals surface area (Å²) in [5.74, 6) is -0.225. The number of aromatic nitrogens is 2. The lowest BCUT2D eigenvalue weighted by Gasteiger charge is -2.36. The number of rotatable bonds is 3. The Hall–Kier alpha value is -2.11. The third-order valence-corrected chi connectivity index (χ3v) is 4.76. The molecule has 1 aromatic heterocycles. The molecule has 6 heteroatoms. The second-order valence-corrected chi connectivity index (χ2v) is 6.51. The highest BCUT2D eigenvalue weighted by atomic mass is 35.5. The Morgan fingerprint density at radius 1 is 1.00 bits per heavy atom. The van der Waals surface area contributed by atoms with Gasteiger partial charge in [-0.25, -0.2) is 4.39 Å². The predicted molar refractivity (Wildman–Crippen MR) is 94.9 cm³/mol. The van der Waals surface area contributed by atoms with Crippen LogP contribution in [0.1, 0.15) is 0 Å². The standard InChI is InChI=1S/C18H18ClFN4/c19-15-2-5-17(6-3-15)23-9-7-22(8-10-23)13-24-18-11-16(20)4-1-14(18)12-21-24/h1-6,11-12H,7-10,13H2. The molecule has 0 spiro atoms. The summed E-state index contributed by atoms with van der Waals surface area (Å²) in [5.41, 5.74) is 2.04. The van der Waals surface area contributed by atoms with Gasteiger partial charge in [-0.3, -0.25) is 9.58 Å². The Kier molecular flexibility index (Phi) is 4.12. The molecule has 0 unspecified atom stereocenters. The largest absolute Gasteiger partial charge is 0.369 e. The first-order valence-electron chi connectivity index (χ1n) is 8.03. The number of nitrogens with zero attached hydrogens (tertiary/aromatic N) is 4. The fourth-order valence-electron chi connectivity index (χ4n) is 3.15. The van der Waals surface area contributed by atoms with Crippen molar-refractivity contribution in [2.75, 3.05) is 31.1 Å². The van der Waals surface area contributed by atoms with E-state index in [-0.39, 0.29) is 5.82 Å². The average Bonchev–Trinajstić information content (AvgIpc) is 2.98. The van der Waals surface area contributed by atoms with Gasteiger partial charge in [0, 0.05) is 42.3 Å². The molecule has 2 heterocycles. The van der Waals surface area contributed by atoms with Crippen LogP contribution in [0.25, 0.3) is 10.9 Å². The Labute approximate surface area is 145 Å². The third-order valence-electron chi connectivity index (χ3n) is 4.50. The topological polar surface area (TPSA) is 24.3 Å². The Morgan fingerprint density at radius 3 is 2.50 bits per heavy atom. The predicted octanol–water partition coefficient (Wildman–Crippen LogP) is 3.61. The maximum Gasteiger partial charge on any atom is 0.125 e. The van der Waals surface area contributed by atoms with Crippen LogP contribution in [0.3, 0.4) is 0 Å². The van der Waals surface area contributed by atoms with Gasteiger partial charge >= 0.3 is 0 Å². The van der Waals surface area contributed by atoms with Crippen LogP contribution in [-0.2, 0) is 6.67 Å². The van der Waals surface area contributed by atoms with Gasteiger partial charge in [0.05, 0.1) is 18.4 Å². The van der Waals surface area contributed by atoms with Crippen molar-refractivity contribution in [3.63, 3.8) is 0 Å². The molecule has 0 atom stereocenters. The molecule has 0 amide bonds. The molecule has 1 fully saturated rings. The molecule has 0 bridgehead atoms. The second-order valence-electron chi connectivity index (χ2n) is 6.07. The lowest BCUT2D eigenvalue weighted by atomic mass is 10.2. The van der Waals surface area contributed by atoms with E-state index in [0.717, 1.165) is 42.1 Å². The maximum absolute atomic E-state index is 13.5. The highest BCUT2D eigenvalue weighted by Crippen LogP contribution is 2.20. The molecule has 24 heavy (non-hydrogen) atoms. The summed E-state index contributed by atoms with van der Waals surface area (Å²) in [7, 11) is 0. The van der Waals surface area contributed by atoms with Crippen molar-refractivity contribution in [1.29, 1.82) is 0 Å². The van der Waals surface area contributed by atoms with Crippen molar-refractivity contribution in [2.45, 2.75) is 6.67 Å². The molecule has 0 saturated carbocycles.